The number of hydrogen-bond acceptors (Lipinski definition) is 5. The van der Waals surface area contributed by atoms with Crippen molar-refractivity contribution in [2.75, 3.05) is 6.61 Å². The molecule has 3 atom stereocenters. The summed E-state index contributed by atoms with van der Waals surface area (Å²) in [6.45, 7) is 2.99. The third kappa shape index (κ3) is 4.69. The van der Waals surface area contributed by atoms with E-state index >= 15 is 0 Å². The van der Waals surface area contributed by atoms with Gasteiger partial charge in [0.05, 0.1) is 6.61 Å². The Morgan fingerprint density at radius 2 is 1.48 bits per heavy atom. The highest BCUT2D eigenvalue weighted by molar-refractivity contribution is 5.97. The minimum atomic E-state index is -1.12. The summed E-state index contributed by atoms with van der Waals surface area (Å²) >= 11 is 0. The summed E-state index contributed by atoms with van der Waals surface area (Å²) < 4.78 is 0. The first-order valence-electron chi connectivity index (χ1n) is 8.11. The quantitative estimate of drug-likeness (QED) is 0.479. The molecule has 0 aromatic heterocycles. The molecule has 1 aromatic carbocycles. The molecular weight excluding hydrogens is 326 g/mol. The number of amides is 3. The first-order chi connectivity index (χ1) is 11.8. The van der Waals surface area contributed by atoms with E-state index in [1.165, 1.54) is 12.1 Å². The molecule has 1 aliphatic heterocycles. The van der Waals surface area contributed by atoms with Crippen molar-refractivity contribution in [3.63, 3.8) is 0 Å². The molecule has 1 heterocycles. The van der Waals surface area contributed by atoms with Crippen LogP contribution in [0.25, 0.3) is 0 Å². The van der Waals surface area contributed by atoms with Crippen LogP contribution in [0.2, 0.25) is 0 Å². The maximum atomic E-state index is 12.6. The Hall–Kier alpha value is -2.61. The van der Waals surface area contributed by atoms with E-state index in [4.69, 9.17) is 0 Å². The first kappa shape index (κ1) is 18.7. The molecule has 0 saturated carbocycles. The number of carbonyl (C=O) groups excluding carboxylic acids is 3. The molecule has 3 amide bonds. The number of hydrogen-bond donors (Lipinski definition) is 5. The normalized spacial score (nSPS) is 24.6. The third-order valence-corrected chi connectivity index (χ3v) is 4.07. The van der Waals surface area contributed by atoms with E-state index in [0.29, 0.717) is 0 Å². The highest BCUT2D eigenvalue weighted by Gasteiger charge is 2.34. The summed E-state index contributed by atoms with van der Waals surface area (Å²) in [5.41, 5.74) is 0.735. The van der Waals surface area contributed by atoms with Crippen molar-refractivity contribution < 1.29 is 24.6 Å². The highest BCUT2D eigenvalue weighted by atomic mass is 16.3. The molecule has 2 rings (SSSR count). The summed E-state index contributed by atoms with van der Waals surface area (Å²) in [6, 6.07) is 3.44. The molecule has 0 aliphatic carbocycles. The zero-order chi connectivity index (χ0) is 18.6. The number of nitrogens with one attached hydrogen (secondary N) is 3. The maximum Gasteiger partial charge on any atom is 0.245 e. The van der Waals surface area contributed by atoms with Crippen LogP contribution in [-0.4, -0.2) is 52.7 Å². The molecule has 25 heavy (non-hydrogen) atoms. The van der Waals surface area contributed by atoms with Crippen LogP contribution in [0.15, 0.2) is 24.3 Å². The van der Waals surface area contributed by atoms with Gasteiger partial charge in [0.15, 0.2) is 0 Å². The molecule has 1 aromatic rings. The number of rotatable bonds is 4. The van der Waals surface area contributed by atoms with Crippen molar-refractivity contribution in [2.24, 2.45) is 5.92 Å². The molecule has 0 radical (unpaired) electrons. The summed E-state index contributed by atoms with van der Waals surface area (Å²) in [4.78, 5) is 37.1. The van der Waals surface area contributed by atoms with Gasteiger partial charge in [0.25, 0.3) is 0 Å². The van der Waals surface area contributed by atoms with Gasteiger partial charge in [-0.3, -0.25) is 14.4 Å². The van der Waals surface area contributed by atoms with Crippen molar-refractivity contribution in [1.82, 2.24) is 16.0 Å². The van der Waals surface area contributed by atoms with E-state index in [9.17, 15) is 24.6 Å². The second-order valence-electron chi connectivity index (χ2n) is 6.41. The predicted octanol–water partition coefficient (Wildman–Crippen LogP) is -0.949. The number of aliphatic hydroxyl groups excluding tert-OH is 1. The highest BCUT2D eigenvalue weighted by Crippen LogP contribution is 2.13. The van der Waals surface area contributed by atoms with Crippen LogP contribution in [0, 0.1) is 5.92 Å². The Labute approximate surface area is 145 Å². The number of aromatic hydroxyl groups is 1. The summed E-state index contributed by atoms with van der Waals surface area (Å²) in [5.74, 6) is -1.71. The van der Waals surface area contributed by atoms with Crippen LogP contribution < -0.4 is 16.0 Å². The Morgan fingerprint density at radius 1 is 0.920 bits per heavy atom. The monoisotopic (exact) mass is 349 g/mol. The van der Waals surface area contributed by atoms with Gasteiger partial charge in [-0.2, -0.15) is 0 Å². The average molecular weight is 349 g/mol. The van der Waals surface area contributed by atoms with Crippen molar-refractivity contribution in [3.8, 4) is 5.75 Å². The molecule has 8 nitrogen and oxygen atoms in total. The number of aliphatic hydroxyl groups is 1. The molecule has 0 bridgehead atoms. The van der Waals surface area contributed by atoms with E-state index in [2.05, 4.69) is 16.0 Å². The van der Waals surface area contributed by atoms with E-state index in [1.807, 2.05) is 0 Å². The molecule has 1 saturated heterocycles. The maximum absolute atomic E-state index is 12.6. The van der Waals surface area contributed by atoms with Crippen molar-refractivity contribution in [2.45, 2.75) is 38.4 Å². The van der Waals surface area contributed by atoms with E-state index in [-0.39, 0.29) is 18.1 Å². The standard InChI is InChI=1S/C17H23N3O5/c1-9(2)14-17(25)19-13(8-21)16(24)18-12(15(23)20-14)7-10-3-5-11(22)6-4-10/h3-6,9,12-14,21-22H,7-8H2,1-2H3,(H,18,24)(H,19,25)(H,20,23)/t12-,13-,14-/m0/s1. The lowest BCUT2D eigenvalue weighted by Crippen LogP contribution is -2.53. The Balaban J connectivity index is 2.27. The van der Waals surface area contributed by atoms with Crippen LogP contribution in [0.3, 0.4) is 0 Å². The lowest BCUT2D eigenvalue weighted by Gasteiger charge is -2.23. The van der Waals surface area contributed by atoms with Gasteiger partial charge in [-0.1, -0.05) is 26.0 Å². The van der Waals surface area contributed by atoms with Gasteiger partial charge < -0.3 is 26.2 Å². The van der Waals surface area contributed by atoms with Crippen molar-refractivity contribution in [3.05, 3.63) is 29.8 Å². The second kappa shape index (κ2) is 7.98. The Bertz CT molecular complexity index is 644. The smallest absolute Gasteiger partial charge is 0.245 e. The molecule has 0 spiro atoms. The zero-order valence-corrected chi connectivity index (χ0v) is 14.2. The molecule has 1 fully saturated rings. The minimum Gasteiger partial charge on any atom is -0.508 e. The van der Waals surface area contributed by atoms with E-state index in [1.54, 1.807) is 26.0 Å². The SMILES string of the molecule is CC(C)[C@@H]1NC(=O)[C@H](Cc2ccc(O)cc2)NC(=O)[C@H](CO)NC1=O. The second-order valence-corrected chi connectivity index (χ2v) is 6.41. The lowest BCUT2D eigenvalue weighted by molar-refractivity contribution is -0.131. The average Bonchev–Trinajstić information content (AvgIpc) is 2.61. The fraction of sp³-hybridized carbons (Fsp3) is 0.471. The number of benzene rings is 1. The number of phenolic OH excluding ortho intramolecular Hbond substituents is 1. The van der Waals surface area contributed by atoms with Gasteiger partial charge in [0.2, 0.25) is 17.7 Å². The summed E-state index contributed by atoms with van der Waals surface area (Å²) in [7, 11) is 0. The van der Waals surface area contributed by atoms with Gasteiger partial charge in [-0.05, 0) is 23.6 Å². The lowest BCUT2D eigenvalue weighted by atomic mass is 10.0. The number of phenols is 1. The van der Waals surface area contributed by atoms with Crippen molar-refractivity contribution in [1.29, 1.82) is 0 Å². The van der Waals surface area contributed by atoms with Crippen LogP contribution >= 0.6 is 0 Å². The molecular formula is C17H23N3O5. The van der Waals surface area contributed by atoms with Gasteiger partial charge >= 0.3 is 0 Å². The number of carbonyl (C=O) groups is 3. The van der Waals surface area contributed by atoms with Crippen LogP contribution in [-0.2, 0) is 20.8 Å². The largest absolute Gasteiger partial charge is 0.508 e. The zero-order valence-electron chi connectivity index (χ0n) is 14.2. The minimum absolute atomic E-state index is 0.0988. The van der Waals surface area contributed by atoms with E-state index < -0.39 is 42.5 Å². The van der Waals surface area contributed by atoms with Gasteiger partial charge in [-0.15, -0.1) is 0 Å². The first-order valence-corrected chi connectivity index (χ1v) is 8.11. The van der Waals surface area contributed by atoms with Crippen LogP contribution in [0.1, 0.15) is 19.4 Å². The molecule has 0 unspecified atom stereocenters. The van der Waals surface area contributed by atoms with Gasteiger partial charge in [0, 0.05) is 6.42 Å². The topological polar surface area (TPSA) is 128 Å². The predicted molar refractivity (Wildman–Crippen MR) is 89.5 cm³/mol. The fourth-order valence-corrected chi connectivity index (χ4v) is 2.59. The van der Waals surface area contributed by atoms with Crippen LogP contribution in [0.5, 0.6) is 5.75 Å². The molecule has 8 heteroatoms. The van der Waals surface area contributed by atoms with E-state index in [0.717, 1.165) is 5.56 Å². The summed E-state index contributed by atoms with van der Waals surface area (Å²) in [5, 5.41) is 26.4. The summed E-state index contributed by atoms with van der Waals surface area (Å²) in [6.07, 6.45) is 0.189. The van der Waals surface area contributed by atoms with Crippen LogP contribution in [0.4, 0.5) is 0 Å². The molecule has 1 aliphatic rings. The van der Waals surface area contributed by atoms with Gasteiger partial charge in [0.1, 0.15) is 23.9 Å². The Morgan fingerprint density at radius 3 is 2.04 bits per heavy atom. The Kier molecular flexibility index (Phi) is 5.97. The molecule has 136 valence electrons. The van der Waals surface area contributed by atoms with Gasteiger partial charge in [-0.25, -0.2) is 0 Å². The fourth-order valence-electron chi connectivity index (χ4n) is 2.59. The molecule has 5 N–H and O–H groups in total. The van der Waals surface area contributed by atoms with Crippen molar-refractivity contribution >= 4 is 17.7 Å². The third-order valence-electron chi connectivity index (χ3n) is 4.07.